The van der Waals surface area contributed by atoms with Gasteiger partial charge in [0.25, 0.3) is 0 Å². The molecule has 0 radical (unpaired) electrons. The molecule has 1 aliphatic heterocycles. The first-order chi connectivity index (χ1) is 12.5. The van der Waals surface area contributed by atoms with E-state index < -0.39 is 6.09 Å². The molecular weight excluding hydrogens is 328 g/mol. The number of anilines is 3. The Morgan fingerprint density at radius 3 is 2.69 bits per heavy atom. The molecule has 2 aromatic carbocycles. The molecule has 1 amide bonds. The summed E-state index contributed by atoms with van der Waals surface area (Å²) in [5.41, 5.74) is 9.46. The van der Waals surface area contributed by atoms with E-state index in [9.17, 15) is 4.79 Å². The summed E-state index contributed by atoms with van der Waals surface area (Å²) in [5.74, 6) is 0. The van der Waals surface area contributed by atoms with E-state index in [0.717, 1.165) is 30.8 Å². The third-order valence-electron chi connectivity index (χ3n) is 4.72. The number of hydrogen-bond acceptors (Lipinski definition) is 5. The fourth-order valence-electron chi connectivity index (χ4n) is 3.18. The lowest BCUT2D eigenvalue weighted by Gasteiger charge is -2.23. The number of carbonyl (C=O) groups is 1. The summed E-state index contributed by atoms with van der Waals surface area (Å²) < 4.78 is 5.24. The Bertz CT molecular complexity index is 749. The SMILES string of the molecule is CN(C)C1CCN(c2ccc(NC(=O)OCc3ccccc3)cc2N)C1. The molecule has 6 heteroatoms. The van der Waals surface area contributed by atoms with Crippen molar-refractivity contribution in [3.8, 4) is 0 Å². The first-order valence-corrected chi connectivity index (χ1v) is 8.81. The lowest BCUT2D eigenvalue weighted by atomic mass is 10.2. The van der Waals surface area contributed by atoms with Crippen LogP contribution in [0.15, 0.2) is 48.5 Å². The van der Waals surface area contributed by atoms with Gasteiger partial charge < -0.3 is 20.3 Å². The maximum atomic E-state index is 12.0. The monoisotopic (exact) mass is 354 g/mol. The van der Waals surface area contributed by atoms with E-state index in [4.69, 9.17) is 10.5 Å². The highest BCUT2D eigenvalue weighted by Crippen LogP contribution is 2.30. The van der Waals surface area contributed by atoms with Crippen molar-refractivity contribution in [2.45, 2.75) is 19.1 Å². The summed E-state index contributed by atoms with van der Waals surface area (Å²) in [4.78, 5) is 16.5. The summed E-state index contributed by atoms with van der Waals surface area (Å²) in [7, 11) is 4.21. The summed E-state index contributed by atoms with van der Waals surface area (Å²) in [6, 6.07) is 15.7. The molecular formula is C20H26N4O2. The van der Waals surface area contributed by atoms with Crippen LogP contribution in [0.2, 0.25) is 0 Å². The summed E-state index contributed by atoms with van der Waals surface area (Å²) in [5, 5.41) is 2.73. The molecule has 0 bridgehead atoms. The second-order valence-corrected chi connectivity index (χ2v) is 6.81. The van der Waals surface area contributed by atoms with Gasteiger partial charge in [0.2, 0.25) is 0 Å². The van der Waals surface area contributed by atoms with Crippen molar-refractivity contribution >= 4 is 23.2 Å². The van der Waals surface area contributed by atoms with Crippen LogP contribution in [0.5, 0.6) is 0 Å². The number of nitrogens with zero attached hydrogens (tertiary/aromatic N) is 2. The van der Waals surface area contributed by atoms with E-state index in [-0.39, 0.29) is 6.61 Å². The van der Waals surface area contributed by atoms with E-state index in [1.165, 1.54) is 0 Å². The maximum absolute atomic E-state index is 12.0. The molecule has 0 spiro atoms. The minimum absolute atomic E-state index is 0.236. The Balaban J connectivity index is 1.56. The lowest BCUT2D eigenvalue weighted by Crippen LogP contribution is -2.31. The zero-order chi connectivity index (χ0) is 18.5. The number of nitrogens with two attached hydrogens (primary N) is 1. The molecule has 1 atom stereocenters. The number of nitrogen functional groups attached to an aromatic ring is 1. The smallest absolute Gasteiger partial charge is 0.411 e. The largest absolute Gasteiger partial charge is 0.444 e. The minimum atomic E-state index is -0.491. The molecule has 2 aromatic rings. The van der Waals surface area contributed by atoms with Crippen molar-refractivity contribution in [3.63, 3.8) is 0 Å². The Hall–Kier alpha value is -2.73. The molecule has 0 saturated carbocycles. The summed E-state index contributed by atoms with van der Waals surface area (Å²) >= 11 is 0. The van der Waals surface area contributed by atoms with Crippen molar-refractivity contribution in [1.82, 2.24) is 4.90 Å². The molecule has 0 aromatic heterocycles. The Morgan fingerprint density at radius 1 is 1.27 bits per heavy atom. The number of nitrogens with one attached hydrogen (secondary N) is 1. The van der Waals surface area contributed by atoms with Crippen LogP contribution in [0.25, 0.3) is 0 Å². The Labute approximate surface area is 154 Å². The fourth-order valence-corrected chi connectivity index (χ4v) is 3.18. The van der Waals surface area contributed by atoms with Crippen LogP contribution in [0, 0.1) is 0 Å². The van der Waals surface area contributed by atoms with Crippen LogP contribution in [0.3, 0.4) is 0 Å². The molecule has 26 heavy (non-hydrogen) atoms. The summed E-state index contributed by atoms with van der Waals surface area (Å²) in [6.45, 7) is 2.18. The van der Waals surface area contributed by atoms with Gasteiger partial charge in [-0.3, -0.25) is 5.32 Å². The topological polar surface area (TPSA) is 70.8 Å². The molecule has 3 N–H and O–H groups in total. The normalized spacial score (nSPS) is 16.7. The zero-order valence-corrected chi connectivity index (χ0v) is 15.3. The number of benzene rings is 2. The van der Waals surface area contributed by atoms with Crippen LogP contribution < -0.4 is 16.0 Å². The molecule has 0 aliphatic carbocycles. The first-order valence-electron chi connectivity index (χ1n) is 8.81. The van der Waals surface area contributed by atoms with Gasteiger partial charge in [-0.1, -0.05) is 30.3 Å². The molecule has 138 valence electrons. The van der Waals surface area contributed by atoms with E-state index in [2.05, 4.69) is 29.2 Å². The quantitative estimate of drug-likeness (QED) is 0.807. The molecule has 3 rings (SSSR count). The Kier molecular flexibility index (Phi) is 5.63. The van der Waals surface area contributed by atoms with Gasteiger partial charge in [0, 0.05) is 24.8 Å². The van der Waals surface area contributed by atoms with Crippen LogP contribution in [-0.4, -0.2) is 44.2 Å². The van der Waals surface area contributed by atoms with Crippen molar-refractivity contribution in [2.75, 3.05) is 43.1 Å². The fraction of sp³-hybridized carbons (Fsp3) is 0.350. The molecule has 1 aliphatic rings. The van der Waals surface area contributed by atoms with Crippen molar-refractivity contribution in [3.05, 3.63) is 54.1 Å². The number of likely N-dealkylation sites (N-methyl/N-ethyl adjacent to an activating group) is 1. The van der Waals surface area contributed by atoms with Gasteiger partial charge in [0.1, 0.15) is 6.61 Å². The van der Waals surface area contributed by atoms with Crippen LogP contribution in [0.4, 0.5) is 21.9 Å². The Morgan fingerprint density at radius 2 is 2.04 bits per heavy atom. The van der Waals surface area contributed by atoms with Gasteiger partial charge in [-0.05, 0) is 44.3 Å². The first kappa shape index (κ1) is 18.1. The highest BCUT2D eigenvalue weighted by Gasteiger charge is 2.25. The van der Waals surface area contributed by atoms with Crippen LogP contribution in [-0.2, 0) is 11.3 Å². The molecule has 1 saturated heterocycles. The number of amides is 1. The van der Waals surface area contributed by atoms with E-state index in [1.807, 2.05) is 42.5 Å². The third-order valence-corrected chi connectivity index (χ3v) is 4.72. The molecule has 6 nitrogen and oxygen atoms in total. The minimum Gasteiger partial charge on any atom is -0.444 e. The molecule has 1 fully saturated rings. The van der Waals surface area contributed by atoms with Gasteiger partial charge in [0.15, 0.2) is 0 Å². The van der Waals surface area contributed by atoms with Gasteiger partial charge in [-0.25, -0.2) is 4.79 Å². The van der Waals surface area contributed by atoms with Crippen LogP contribution in [0.1, 0.15) is 12.0 Å². The van der Waals surface area contributed by atoms with Crippen molar-refractivity contribution in [2.24, 2.45) is 0 Å². The molecule has 1 unspecified atom stereocenters. The van der Waals surface area contributed by atoms with Crippen molar-refractivity contribution in [1.29, 1.82) is 0 Å². The van der Waals surface area contributed by atoms with Crippen molar-refractivity contribution < 1.29 is 9.53 Å². The predicted molar refractivity (Wildman–Crippen MR) is 105 cm³/mol. The number of rotatable bonds is 5. The highest BCUT2D eigenvalue weighted by atomic mass is 16.5. The molecule has 1 heterocycles. The van der Waals surface area contributed by atoms with Gasteiger partial charge in [-0.2, -0.15) is 0 Å². The van der Waals surface area contributed by atoms with Gasteiger partial charge >= 0.3 is 6.09 Å². The number of hydrogen-bond donors (Lipinski definition) is 2. The highest BCUT2D eigenvalue weighted by molar-refractivity contribution is 5.87. The number of ether oxygens (including phenoxy) is 1. The summed E-state index contributed by atoms with van der Waals surface area (Å²) in [6.07, 6.45) is 0.632. The average molecular weight is 354 g/mol. The van der Waals surface area contributed by atoms with Gasteiger partial charge in [-0.15, -0.1) is 0 Å². The predicted octanol–water partition coefficient (Wildman–Crippen LogP) is 3.16. The van der Waals surface area contributed by atoms with E-state index in [1.54, 1.807) is 6.07 Å². The van der Waals surface area contributed by atoms with Crippen LogP contribution >= 0.6 is 0 Å². The zero-order valence-electron chi connectivity index (χ0n) is 15.3. The van der Waals surface area contributed by atoms with Gasteiger partial charge in [0.05, 0.1) is 11.4 Å². The standard InChI is InChI=1S/C20H26N4O2/c1-23(2)17-10-11-24(13-17)19-9-8-16(12-18(19)21)22-20(25)26-14-15-6-4-3-5-7-15/h3-9,12,17H,10-11,13-14,21H2,1-2H3,(H,22,25). The second-order valence-electron chi connectivity index (χ2n) is 6.81. The average Bonchev–Trinajstić information content (AvgIpc) is 3.11. The lowest BCUT2D eigenvalue weighted by molar-refractivity contribution is 0.155. The second kappa shape index (κ2) is 8.10. The third kappa shape index (κ3) is 4.46. The van der Waals surface area contributed by atoms with E-state index in [0.29, 0.717) is 17.4 Å². The number of carbonyl (C=O) groups excluding carboxylic acids is 1. The van der Waals surface area contributed by atoms with E-state index >= 15 is 0 Å². The maximum Gasteiger partial charge on any atom is 0.411 e.